The van der Waals surface area contributed by atoms with Crippen molar-refractivity contribution in [1.82, 2.24) is 4.57 Å². The molecule has 0 aliphatic carbocycles. The van der Waals surface area contributed by atoms with Gasteiger partial charge in [-0.3, -0.25) is 4.79 Å². The number of nitriles is 2. The van der Waals surface area contributed by atoms with Crippen LogP contribution in [0, 0.1) is 47.8 Å². The molecule has 0 saturated carbocycles. The Morgan fingerprint density at radius 1 is 1.26 bits per heavy atom. The summed E-state index contributed by atoms with van der Waals surface area (Å²) in [6.07, 6.45) is 1.39. The second-order valence-corrected chi connectivity index (χ2v) is 6.79. The van der Waals surface area contributed by atoms with Crippen LogP contribution in [-0.2, 0) is 14.3 Å². The van der Waals surface area contributed by atoms with Gasteiger partial charge in [0.05, 0.1) is 18.9 Å². The number of carbonyl (C=O) groups is 2. The Morgan fingerprint density at radius 3 is 2.52 bits per heavy atom. The number of para-hydroxylation sites is 2. The van der Waals surface area contributed by atoms with Gasteiger partial charge in [0, 0.05) is 17.1 Å². The van der Waals surface area contributed by atoms with Crippen LogP contribution in [0.2, 0.25) is 0 Å². The number of nitrogens with one attached hydrogen (secondary N) is 1. The second kappa shape index (κ2) is 10.0. The fraction of sp³-hybridized carbons (Fsp3) is 0.261. The van der Waals surface area contributed by atoms with Crippen LogP contribution in [0.1, 0.15) is 23.9 Å². The zero-order valence-corrected chi connectivity index (χ0v) is 17.7. The Hall–Kier alpha value is -4.17. The zero-order chi connectivity index (χ0) is 23.1. The van der Waals surface area contributed by atoms with E-state index in [0.29, 0.717) is 11.3 Å². The quantitative estimate of drug-likeness (QED) is 0.303. The third kappa shape index (κ3) is 5.06. The molecule has 0 bridgehead atoms. The minimum absolute atomic E-state index is 0.136. The van der Waals surface area contributed by atoms with E-state index in [4.69, 9.17) is 20.1 Å². The molecule has 31 heavy (non-hydrogen) atoms. The Labute approximate surface area is 180 Å². The Kier molecular flexibility index (Phi) is 7.48. The number of hydrogen-bond donors (Lipinski definition) is 1. The molecule has 0 aliphatic rings. The third-order valence-corrected chi connectivity index (χ3v) is 4.67. The molecule has 0 amide bonds. The van der Waals surface area contributed by atoms with Gasteiger partial charge in [0.15, 0.2) is 12.4 Å². The molecule has 0 saturated heterocycles. The van der Waals surface area contributed by atoms with Crippen LogP contribution in [-0.4, -0.2) is 35.7 Å². The van der Waals surface area contributed by atoms with Crippen molar-refractivity contribution in [2.45, 2.75) is 20.8 Å². The Bertz CT molecular complexity index is 1150. The summed E-state index contributed by atoms with van der Waals surface area (Å²) in [7, 11) is 1.58. The summed E-state index contributed by atoms with van der Waals surface area (Å²) < 4.78 is 12.3. The average Bonchev–Trinajstić information content (AvgIpc) is 3.03. The van der Waals surface area contributed by atoms with Gasteiger partial charge in [-0.15, -0.1) is 0 Å². The molecule has 0 fully saturated rings. The first-order valence-electron chi connectivity index (χ1n) is 9.33. The van der Waals surface area contributed by atoms with E-state index in [2.05, 4.69) is 0 Å². The highest BCUT2D eigenvalue weighted by Crippen LogP contribution is 2.28. The number of aryl methyl sites for hydroxylation is 1. The lowest BCUT2D eigenvalue weighted by Crippen LogP contribution is -2.25. The van der Waals surface area contributed by atoms with Crippen LogP contribution < -0.4 is 4.74 Å². The number of carbonyl (C=O) groups excluding carboxylic acids is 2. The molecule has 158 valence electrons. The maximum atomic E-state index is 12.3. The van der Waals surface area contributed by atoms with Crippen LogP contribution >= 0.6 is 0 Å². The molecule has 0 radical (unpaired) electrons. The molecule has 1 N–H and O–H groups in total. The monoisotopic (exact) mass is 418 g/mol. The normalized spacial score (nSPS) is 11.7. The highest BCUT2D eigenvalue weighted by Gasteiger charge is 2.23. The number of nitrogens with zero attached hydrogens (tertiary/aromatic N) is 3. The van der Waals surface area contributed by atoms with E-state index < -0.39 is 24.3 Å². The van der Waals surface area contributed by atoms with Gasteiger partial charge in [-0.25, -0.2) is 4.79 Å². The highest BCUT2D eigenvalue weighted by molar-refractivity contribution is 6.06. The standard InChI is InChI=1S/C23H22N4O4/c1-14-9-17(16(3)27(14)20-7-5-6-8-22(20)30-4)10-18(11-24)23(29)31-13-21(28)19(12-25)15(2)26/h5-10,19,26H,13H2,1-4H3/b18-10+,26-15?/t19-/m0/s1. The van der Waals surface area contributed by atoms with Gasteiger partial charge in [-0.2, -0.15) is 10.5 Å². The Morgan fingerprint density at radius 2 is 1.94 bits per heavy atom. The number of aromatic nitrogens is 1. The molecule has 0 aliphatic heterocycles. The molecule has 8 heteroatoms. The van der Waals surface area contributed by atoms with Gasteiger partial charge in [0.2, 0.25) is 0 Å². The van der Waals surface area contributed by atoms with Crippen LogP contribution in [0.25, 0.3) is 11.8 Å². The number of rotatable bonds is 8. The van der Waals surface area contributed by atoms with Gasteiger partial charge >= 0.3 is 5.97 Å². The van der Waals surface area contributed by atoms with Crippen LogP contribution in [0.3, 0.4) is 0 Å². The predicted octanol–water partition coefficient (Wildman–Crippen LogP) is 3.30. The maximum absolute atomic E-state index is 12.3. The van der Waals surface area contributed by atoms with Gasteiger partial charge in [-0.05, 0) is 50.6 Å². The van der Waals surface area contributed by atoms with E-state index in [-0.39, 0.29) is 11.3 Å². The number of esters is 1. The van der Waals surface area contributed by atoms with E-state index >= 15 is 0 Å². The molecular formula is C23H22N4O4. The van der Waals surface area contributed by atoms with Crippen molar-refractivity contribution in [2.24, 2.45) is 5.92 Å². The lowest BCUT2D eigenvalue weighted by atomic mass is 10.0. The SMILES string of the molecule is COc1ccccc1-n1c(C)cc(/C=C(\C#N)C(=O)OCC(=O)[C@@H](C#N)C(C)=N)c1C. The van der Waals surface area contributed by atoms with E-state index in [9.17, 15) is 14.9 Å². The average molecular weight is 418 g/mol. The van der Waals surface area contributed by atoms with Crippen molar-refractivity contribution < 1.29 is 19.1 Å². The van der Waals surface area contributed by atoms with Crippen LogP contribution in [0.5, 0.6) is 5.75 Å². The fourth-order valence-corrected chi connectivity index (χ4v) is 3.12. The van der Waals surface area contributed by atoms with Crippen molar-refractivity contribution in [3.8, 4) is 23.6 Å². The Balaban J connectivity index is 2.30. The largest absolute Gasteiger partial charge is 0.495 e. The molecular weight excluding hydrogens is 396 g/mol. The summed E-state index contributed by atoms with van der Waals surface area (Å²) in [6, 6.07) is 12.8. The van der Waals surface area contributed by atoms with E-state index in [1.165, 1.54) is 13.0 Å². The van der Waals surface area contributed by atoms with Crippen molar-refractivity contribution in [3.63, 3.8) is 0 Å². The van der Waals surface area contributed by atoms with Crippen molar-refractivity contribution in [2.75, 3.05) is 13.7 Å². The van der Waals surface area contributed by atoms with Gasteiger partial charge in [0.25, 0.3) is 0 Å². The minimum atomic E-state index is -1.28. The highest BCUT2D eigenvalue weighted by atomic mass is 16.5. The molecule has 8 nitrogen and oxygen atoms in total. The third-order valence-electron chi connectivity index (χ3n) is 4.67. The molecule has 1 atom stereocenters. The number of benzene rings is 1. The second-order valence-electron chi connectivity index (χ2n) is 6.79. The summed E-state index contributed by atoms with van der Waals surface area (Å²) >= 11 is 0. The molecule has 2 aromatic rings. The van der Waals surface area contributed by atoms with E-state index in [1.54, 1.807) is 19.2 Å². The first-order valence-corrected chi connectivity index (χ1v) is 9.33. The number of ether oxygens (including phenoxy) is 2. The first kappa shape index (κ1) is 23.1. The lowest BCUT2D eigenvalue weighted by Gasteiger charge is -2.13. The van der Waals surface area contributed by atoms with Gasteiger partial charge < -0.3 is 19.5 Å². The summed E-state index contributed by atoms with van der Waals surface area (Å²) in [5.41, 5.74) is 2.68. The predicted molar refractivity (Wildman–Crippen MR) is 114 cm³/mol. The van der Waals surface area contributed by atoms with E-state index in [1.807, 2.05) is 48.7 Å². The topological polar surface area (TPSA) is 129 Å². The maximum Gasteiger partial charge on any atom is 0.349 e. The van der Waals surface area contributed by atoms with Crippen molar-refractivity contribution >= 4 is 23.5 Å². The molecule has 0 unspecified atom stereocenters. The molecule has 1 heterocycles. The molecule has 2 rings (SSSR count). The zero-order valence-electron chi connectivity index (χ0n) is 17.7. The molecule has 1 aromatic heterocycles. The summed E-state index contributed by atoms with van der Waals surface area (Å²) in [5.74, 6) is -2.29. The van der Waals surface area contributed by atoms with Crippen molar-refractivity contribution in [1.29, 1.82) is 15.9 Å². The summed E-state index contributed by atoms with van der Waals surface area (Å²) in [4.78, 5) is 24.3. The van der Waals surface area contributed by atoms with Gasteiger partial charge in [0.1, 0.15) is 23.3 Å². The summed E-state index contributed by atoms with van der Waals surface area (Å²) in [6.45, 7) is 4.37. The van der Waals surface area contributed by atoms with Crippen LogP contribution in [0.15, 0.2) is 35.9 Å². The first-order chi connectivity index (χ1) is 14.7. The summed E-state index contributed by atoms with van der Waals surface area (Å²) in [5, 5.41) is 25.8. The number of methoxy groups -OCH3 is 1. The smallest absolute Gasteiger partial charge is 0.349 e. The van der Waals surface area contributed by atoms with E-state index in [0.717, 1.165) is 17.1 Å². The fourth-order valence-electron chi connectivity index (χ4n) is 3.12. The number of ketones is 1. The van der Waals surface area contributed by atoms with Crippen LogP contribution in [0.4, 0.5) is 0 Å². The number of Topliss-reactive ketones (excluding diaryl/α,β-unsaturated/α-hetero) is 1. The molecule has 0 spiro atoms. The minimum Gasteiger partial charge on any atom is -0.495 e. The van der Waals surface area contributed by atoms with Crippen molar-refractivity contribution in [3.05, 3.63) is 52.9 Å². The number of hydrogen-bond acceptors (Lipinski definition) is 7. The lowest BCUT2D eigenvalue weighted by molar-refractivity contribution is -0.143. The molecule has 1 aromatic carbocycles. The van der Waals surface area contributed by atoms with Gasteiger partial charge in [-0.1, -0.05) is 12.1 Å².